The minimum absolute atomic E-state index is 0.0113. The van der Waals surface area contributed by atoms with Gasteiger partial charge in [0, 0.05) is 29.0 Å². The Bertz CT molecular complexity index is 977. The first-order valence-corrected chi connectivity index (χ1v) is 8.72. The summed E-state index contributed by atoms with van der Waals surface area (Å²) >= 11 is 1.24. The number of carbonyl (C=O) groups is 1. The zero-order chi connectivity index (χ0) is 18.8. The molecule has 0 unspecified atom stereocenters. The third kappa shape index (κ3) is 3.47. The van der Waals surface area contributed by atoms with Crippen molar-refractivity contribution in [3.05, 3.63) is 56.8 Å². The van der Waals surface area contributed by atoms with E-state index in [9.17, 15) is 14.9 Å². The van der Waals surface area contributed by atoms with E-state index in [1.807, 2.05) is 13.8 Å². The Balaban J connectivity index is 1.83. The number of aromatic nitrogens is 2. The second kappa shape index (κ2) is 7.04. The van der Waals surface area contributed by atoms with E-state index in [4.69, 9.17) is 4.52 Å². The van der Waals surface area contributed by atoms with Crippen molar-refractivity contribution >= 4 is 28.1 Å². The fourth-order valence-corrected chi connectivity index (χ4v) is 3.17. The van der Waals surface area contributed by atoms with Crippen molar-refractivity contribution < 1.29 is 14.2 Å². The number of rotatable bonds is 5. The molecule has 0 aliphatic carbocycles. The van der Waals surface area contributed by atoms with Crippen molar-refractivity contribution in [3.8, 4) is 11.3 Å². The van der Waals surface area contributed by atoms with Gasteiger partial charge in [0.2, 0.25) is 0 Å². The molecule has 2 heterocycles. The summed E-state index contributed by atoms with van der Waals surface area (Å²) < 4.78 is 5.23. The molecular formula is C17H16N4O4S. The fourth-order valence-electron chi connectivity index (χ4n) is 2.46. The van der Waals surface area contributed by atoms with Crippen LogP contribution >= 0.6 is 11.3 Å². The van der Waals surface area contributed by atoms with Crippen LogP contribution in [0.2, 0.25) is 0 Å². The zero-order valence-corrected chi connectivity index (χ0v) is 15.2. The molecule has 0 bridgehead atoms. The molecule has 1 amide bonds. The maximum absolute atomic E-state index is 12.6. The number of thiazole rings is 1. The van der Waals surface area contributed by atoms with Gasteiger partial charge in [-0.1, -0.05) is 31.1 Å². The summed E-state index contributed by atoms with van der Waals surface area (Å²) in [5.41, 5.74) is 2.08. The lowest BCUT2D eigenvalue weighted by Crippen LogP contribution is -2.14. The Morgan fingerprint density at radius 2 is 2.15 bits per heavy atom. The highest BCUT2D eigenvalue weighted by atomic mass is 32.1. The highest BCUT2D eigenvalue weighted by Gasteiger charge is 2.23. The number of aryl methyl sites for hydroxylation is 1. The summed E-state index contributed by atoms with van der Waals surface area (Å²) in [5, 5.41) is 19.6. The number of nitro groups is 1. The Morgan fingerprint density at radius 3 is 2.85 bits per heavy atom. The number of anilines is 1. The maximum atomic E-state index is 12.6. The summed E-state index contributed by atoms with van der Waals surface area (Å²) in [6.45, 7) is 5.54. The van der Waals surface area contributed by atoms with E-state index in [0.717, 1.165) is 0 Å². The second-order valence-corrected chi connectivity index (χ2v) is 6.82. The number of nitrogens with one attached hydrogen (secondary N) is 1. The van der Waals surface area contributed by atoms with Gasteiger partial charge in [0.05, 0.1) is 16.3 Å². The molecule has 0 aliphatic heterocycles. The fraction of sp³-hybridized carbons (Fsp3) is 0.235. The third-order valence-corrected chi connectivity index (χ3v) is 4.48. The maximum Gasteiger partial charge on any atom is 0.270 e. The van der Waals surface area contributed by atoms with Crippen LogP contribution in [0.4, 0.5) is 10.8 Å². The largest absolute Gasteiger partial charge is 0.360 e. The highest BCUT2D eigenvalue weighted by Crippen LogP contribution is 2.29. The number of hydrogen-bond acceptors (Lipinski definition) is 7. The van der Waals surface area contributed by atoms with E-state index in [0.29, 0.717) is 33.4 Å². The Labute approximate surface area is 153 Å². The van der Waals surface area contributed by atoms with Gasteiger partial charge < -0.3 is 4.52 Å². The Hall–Kier alpha value is -3.07. The summed E-state index contributed by atoms with van der Waals surface area (Å²) in [4.78, 5) is 27.4. The van der Waals surface area contributed by atoms with Crippen LogP contribution < -0.4 is 5.32 Å². The van der Waals surface area contributed by atoms with Gasteiger partial charge in [0.15, 0.2) is 10.9 Å². The van der Waals surface area contributed by atoms with Crippen LogP contribution in [0.15, 0.2) is 34.2 Å². The lowest BCUT2D eigenvalue weighted by molar-refractivity contribution is -0.384. The van der Waals surface area contributed by atoms with Crippen LogP contribution in [-0.4, -0.2) is 21.0 Å². The van der Waals surface area contributed by atoms with Crippen LogP contribution in [0.25, 0.3) is 11.3 Å². The lowest BCUT2D eigenvalue weighted by atomic mass is 10.0. The van der Waals surface area contributed by atoms with Crippen LogP contribution in [0.3, 0.4) is 0 Å². The number of benzene rings is 1. The average Bonchev–Trinajstić information content (AvgIpc) is 3.21. The van der Waals surface area contributed by atoms with Crippen molar-refractivity contribution in [3.63, 3.8) is 0 Å². The predicted molar refractivity (Wildman–Crippen MR) is 97.5 cm³/mol. The SMILES string of the molecule is Cc1noc(C(C)C)c1C(=O)Nc1nc(-c2cccc([N+](=O)[O-])c2)cs1. The highest BCUT2D eigenvalue weighted by molar-refractivity contribution is 7.14. The summed E-state index contributed by atoms with van der Waals surface area (Å²) in [6, 6.07) is 6.19. The van der Waals surface area contributed by atoms with Crippen LogP contribution in [0, 0.1) is 17.0 Å². The number of nitro benzene ring substituents is 1. The molecule has 3 rings (SSSR count). The van der Waals surface area contributed by atoms with Gasteiger partial charge in [-0.15, -0.1) is 11.3 Å². The van der Waals surface area contributed by atoms with Crippen LogP contribution in [-0.2, 0) is 0 Å². The monoisotopic (exact) mass is 372 g/mol. The number of amides is 1. The predicted octanol–water partition coefficient (Wildman–Crippen LogP) is 4.39. The van der Waals surface area contributed by atoms with Crippen molar-refractivity contribution in [1.29, 1.82) is 0 Å². The second-order valence-electron chi connectivity index (χ2n) is 5.96. The third-order valence-electron chi connectivity index (χ3n) is 3.72. The molecule has 134 valence electrons. The van der Waals surface area contributed by atoms with E-state index >= 15 is 0 Å². The molecule has 8 nitrogen and oxygen atoms in total. The van der Waals surface area contributed by atoms with Crippen LogP contribution in [0.1, 0.15) is 41.6 Å². The van der Waals surface area contributed by atoms with Gasteiger partial charge in [-0.3, -0.25) is 20.2 Å². The normalized spacial score (nSPS) is 10.9. The quantitative estimate of drug-likeness (QED) is 0.525. The van der Waals surface area contributed by atoms with Crippen molar-refractivity contribution in [2.45, 2.75) is 26.7 Å². The molecule has 26 heavy (non-hydrogen) atoms. The number of non-ortho nitro benzene ring substituents is 1. The van der Waals surface area contributed by atoms with E-state index in [2.05, 4.69) is 15.5 Å². The zero-order valence-electron chi connectivity index (χ0n) is 14.3. The minimum atomic E-state index is -0.458. The van der Waals surface area contributed by atoms with Gasteiger partial charge in [0.25, 0.3) is 11.6 Å². The molecule has 0 aliphatic rings. The number of nitrogens with zero attached hydrogens (tertiary/aromatic N) is 3. The number of carbonyl (C=O) groups excluding carboxylic acids is 1. The van der Waals surface area contributed by atoms with Gasteiger partial charge >= 0.3 is 0 Å². The first kappa shape index (κ1) is 17.7. The Morgan fingerprint density at radius 1 is 1.38 bits per heavy atom. The molecule has 0 radical (unpaired) electrons. The molecule has 0 saturated carbocycles. The first-order chi connectivity index (χ1) is 12.4. The molecule has 1 aromatic carbocycles. The first-order valence-electron chi connectivity index (χ1n) is 7.84. The molecule has 0 saturated heterocycles. The molecule has 2 aromatic heterocycles. The molecule has 3 aromatic rings. The molecular weight excluding hydrogens is 356 g/mol. The van der Waals surface area contributed by atoms with Gasteiger partial charge in [-0.2, -0.15) is 0 Å². The van der Waals surface area contributed by atoms with Gasteiger partial charge in [-0.05, 0) is 6.92 Å². The molecule has 9 heteroatoms. The average molecular weight is 372 g/mol. The standard InChI is InChI=1S/C17H16N4O4S/c1-9(2)15-14(10(3)20-25-15)16(22)19-17-18-13(8-26-17)11-5-4-6-12(7-11)21(23)24/h4-9H,1-3H3,(H,18,19,22). The summed E-state index contributed by atoms with van der Waals surface area (Å²) in [6.07, 6.45) is 0. The van der Waals surface area contributed by atoms with Crippen LogP contribution in [0.5, 0.6) is 0 Å². The topological polar surface area (TPSA) is 111 Å². The molecule has 0 atom stereocenters. The van der Waals surface area contributed by atoms with Gasteiger partial charge in [0.1, 0.15) is 5.56 Å². The molecule has 0 spiro atoms. The van der Waals surface area contributed by atoms with E-state index in [1.54, 1.807) is 24.4 Å². The van der Waals surface area contributed by atoms with E-state index in [-0.39, 0.29) is 17.5 Å². The lowest BCUT2D eigenvalue weighted by Gasteiger charge is -2.04. The van der Waals surface area contributed by atoms with Crippen molar-refractivity contribution in [2.75, 3.05) is 5.32 Å². The minimum Gasteiger partial charge on any atom is -0.360 e. The Kier molecular flexibility index (Phi) is 4.81. The van der Waals surface area contributed by atoms with E-state index in [1.165, 1.54) is 23.5 Å². The van der Waals surface area contributed by atoms with E-state index < -0.39 is 4.92 Å². The number of hydrogen-bond donors (Lipinski definition) is 1. The molecule has 0 fully saturated rings. The molecule has 1 N–H and O–H groups in total. The van der Waals surface area contributed by atoms with Crippen molar-refractivity contribution in [2.24, 2.45) is 0 Å². The smallest absolute Gasteiger partial charge is 0.270 e. The van der Waals surface area contributed by atoms with Gasteiger partial charge in [-0.25, -0.2) is 4.98 Å². The summed E-state index contributed by atoms with van der Waals surface area (Å²) in [7, 11) is 0. The summed E-state index contributed by atoms with van der Waals surface area (Å²) in [5.74, 6) is 0.205. The van der Waals surface area contributed by atoms with Crippen molar-refractivity contribution in [1.82, 2.24) is 10.1 Å².